The van der Waals surface area contributed by atoms with Crippen molar-refractivity contribution in [3.8, 4) is 0 Å². The number of nitrogens with zero attached hydrogens (tertiary/aromatic N) is 2. The van der Waals surface area contributed by atoms with E-state index in [1.54, 1.807) is 0 Å². The smallest absolute Gasteiger partial charge is 0.0858 e. The lowest BCUT2D eigenvalue weighted by Gasteiger charge is -2.23. The number of unbranched alkanes of at least 4 members (excludes halogenated alkanes) is 1. The predicted octanol–water partition coefficient (Wildman–Crippen LogP) is 3.47. The van der Waals surface area contributed by atoms with Crippen molar-refractivity contribution in [3.63, 3.8) is 0 Å². The Hall–Kier alpha value is -0.530. The first-order chi connectivity index (χ1) is 7.03. The highest BCUT2D eigenvalue weighted by Crippen LogP contribution is 2.21. The van der Waals surface area contributed by atoms with Gasteiger partial charge in [0.2, 0.25) is 0 Å². The Balaban J connectivity index is 2.42. The van der Waals surface area contributed by atoms with E-state index >= 15 is 0 Å². The van der Waals surface area contributed by atoms with Crippen molar-refractivity contribution in [1.29, 1.82) is 0 Å². The molecule has 0 N–H and O–H groups in total. The molecule has 1 fully saturated rings. The second kappa shape index (κ2) is 5.53. The number of likely N-dealkylation sites (tertiary alicyclic amines) is 1. The molecular weight excluding hydrogens is 184 g/mol. The lowest BCUT2D eigenvalue weighted by Crippen LogP contribution is -2.29. The van der Waals surface area contributed by atoms with Gasteiger partial charge in [-0.05, 0) is 40.0 Å². The Morgan fingerprint density at radius 1 is 1.40 bits per heavy atom. The molecule has 0 aliphatic carbocycles. The molecule has 0 bridgehead atoms. The van der Waals surface area contributed by atoms with Crippen LogP contribution in [0.15, 0.2) is 4.99 Å². The fourth-order valence-corrected chi connectivity index (χ4v) is 2.01. The van der Waals surface area contributed by atoms with Crippen molar-refractivity contribution < 1.29 is 0 Å². The van der Waals surface area contributed by atoms with Gasteiger partial charge in [0.25, 0.3) is 0 Å². The molecule has 2 heteroatoms. The Bertz CT molecular complexity index is 203. The van der Waals surface area contributed by atoms with Gasteiger partial charge < -0.3 is 4.90 Å². The van der Waals surface area contributed by atoms with Crippen LogP contribution in [0.1, 0.15) is 59.8 Å². The van der Waals surface area contributed by atoms with E-state index in [0.29, 0.717) is 0 Å². The Kier molecular flexibility index (Phi) is 4.62. The summed E-state index contributed by atoms with van der Waals surface area (Å²) < 4.78 is 0. The van der Waals surface area contributed by atoms with Gasteiger partial charge in [0, 0.05) is 12.6 Å². The standard InChI is InChI=1S/C13H26N2/c1-5-6-8-12-9-7-10-15(12)11-14-13(2,3)4/h11-12H,5-10H2,1-4H3. The van der Waals surface area contributed by atoms with Gasteiger partial charge in [0.15, 0.2) is 0 Å². The molecule has 0 aromatic rings. The van der Waals surface area contributed by atoms with E-state index in [0.717, 1.165) is 6.04 Å². The first kappa shape index (κ1) is 12.5. The zero-order valence-corrected chi connectivity index (χ0v) is 10.8. The summed E-state index contributed by atoms with van der Waals surface area (Å²) in [5.41, 5.74) is 0.0674. The molecule has 15 heavy (non-hydrogen) atoms. The fourth-order valence-electron chi connectivity index (χ4n) is 2.01. The van der Waals surface area contributed by atoms with E-state index in [-0.39, 0.29) is 5.54 Å². The highest BCUT2D eigenvalue weighted by molar-refractivity contribution is 5.56. The van der Waals surface area contributed by atoms with Gasteiger partial charge >= 0.3 is 0 Å². The van der Waals surface area contributed by atoms with Crippen LogP contribution in [0.25, 0.3) is 0 Å². The van der Waals surface area contributed by atoms with Crippen LogP contribution in [-0.2, 0) is 0 Å². The summed E-state index contributed by atoms with van der Waals surface area (Å²) in [5.74, 6) is 0. The van der Waals surface area contributed by atoms with Crippen molar-refractivity contribution in [3.05, 3.63) is 0 Å². The third kappa shape index (κ3) is 4.67. The second-order valence-electron chi connectivity index (χ2n) is 5.59. The molecule has 88 valence electrons. The van der Waals surface area contributed by atoms with Gasteiger partial charge in [-0.3, -0.25) is 4.99 Å². The van der Waals surface area contributed by atoms with E-state index in [2.05, 4.69) is 43.9 Å². The van der Waals surface area contributed by atoms with Crippen LogP contribution in [0.5, 0.6) is 0 Å². The second-order valence-corrected chi connectivity index (χ2v) is 5.59. The maximum Gasteiger partial charge on any atom is 0.0858 e. The van der Waals surface area contributed by atoms with Crippen molar-refractivity contribution in [1.82, 2.24) is 4.90 Å². The number of hydrogen-bond donors (Lipinski definition) is 0. The molecule has 1 atom stereocenters. The monoisotopic (exact) mass is 210 g/mol. The van der Waals surface area contributed by atoms with E-state index in [1.807, 2.05) is 0 Å². The first-order valence-corrected chi connectivity index (χ1v) is 6.34. The maximum absolute atomic E-state index is 4.60. The molecule has 0 aromatic carbocycles. The molecule has 1 aliphatic rings. The molecule has 0 aromatic heterocycles. The molecule has 1 unspecified atom stereocenters. The highest BCUT2D eigenvalue weighted by atomic mass is 15.2. The van der Waals surface area contributed by atoms with Crippen LogP contribution in [0, 0.1) is 0 Å². The van der Waals surface area contributed by atoms with Gasteiger partial charge in [-0.2, -0.15) is 0 Å². The Morgan fingerprint density at radius 2 is 2.13 bits per heavy atom. The van der Waals surface area contributed by atoms with Crippen LogP contribution < -0.4 is 0 Å². The Labute approximate surface area is 94.8 Å². The zero-order valence-electron chi connectivity index (χ0n) is 10.8. The lowest BCUT2D eigenvalue weighted by molar-refractivity contribution is 0.365. The molecule has 1 aliphatic heterocycles. The maximum atomic E-state index is 4.60. The summed E-state index contributed by atoms with van der Waals surface area (Å²) in [6.07, 6.45) is 8.78. The zero-order chi connectivity index (χ0) is 11.3. The van der Waals surface area contributed by atoms with Gasteiger partial charge in [-0.15, -0.1) is 0 Å². The van der Waals surface area contributed by atoms with Gasteiger partial charge in [-0.1, -0.05) is 19.8 Å². The van der Waals surface area contributed by atoms with Gasteiger partial charge in [0.05, 0.1) is 11.9 Å². The largest absolute Gasteiger partial charge is 0.360 e. The molecule has 0 saturated carbocycles. The van der Waals surface area contributed by atoms with Crippen LogP contribution in [0.3, 0.4) is 0 Å². The van der Waals surface area contributed by atoms with Crippen LogP contribution >= 0.6 is 0 Å². The fraction of sp³-hybridized carbons (Fsp3) is 0.923. The number of hydrogen-bond acceptors (Lipinski definition) is 1. The summed E-state index contributed by atoms with van der Waals surface area (Å²) in [6, 6.07) is 0.760. The average Bonchev–Trinajstić information content (AvgIpc) is 2.57. The van der Waals surface area contributed by atoms with Crippen molar-refractivity contribution in [2.75, 3.05) is 6.54 Å². The minimum absolute atomic E-state index is 0.0674. The SMILES string of the molecule is CCCCC1CCCN1C=NC(C)(C)C. The van der Waals surface area contributed by atoms with E-state index < -0.39 is 0 Å². The van der Waals surface area contributed by atoms with Crippen molar-refractivity contribution in [2.45, 2.75) is 71.4 Å². The number of aliphatic imine (C=N–C) groups is 1. The molecule has 2 nitrogen and oxygen atoms in total. The molecule has 0 amide bonds. The third-order valence-electron chi connectivity index (χ3n) is 2.91. The quantitative estimate of drug-likeness (QED) is 0.512. The third-order valence-corrected chi connectivity index (χ3v) is 2.91. The molecule has 1 saturated heterocycles. The normalized spacial score (nSPS) is 22.9. The molecule has 0 spiro atoms. The molecular formula is C13H26N2. The van der Waals surface area contributed by atoms with Crippen molar-refractivity contribution >= 4 is 6.34 Å². The summed E-state index contributed by atoms with van der Waals surface area (Å²) in [5, 5.41) is 0. The van der Waals surface area contributed by atoms with Gasteiger partial charge in [0.1, 0.15) is 0 Å². The van der Waals surface area contributed by atoms with E-state index in [9.17, 15) is 0 Å². The summed E-state index contributed by atoms with van der Waals surface area (Å²) in [7, 11) is 0. The Morgan fingerprint density at radius 3 is 2.73 bits per heavy atom. The highest BCUT2D eigenvalue weighted by Gasteiger charge is 2.21. The average molecular weight is 210 g/mol. The summed E-state index contributed by atoms with van der Waals surface area (Å²) >= 11 is 0. The summed E-state index contributed by atoms with van der Waals surface area (Å²) in [4.78, 5) is 7.04. The number of rotatable bonds is 4. The van der Waals surface area contributed by atoms with Gasteiger partial charge in [-0.25, -0.2) is 0 Å². The molecule has 1 heterocycles. The van der Waals surface area contributed by atoms with Crippen LogP contribution in [0.2, 0.25) is 0 Å². The van der Waals surface area contributed by atoms with E-state index in [4.69, 9.17) is 0 Å². The van der Waals surface area contributed by atoms with Crippen LogP contribution in [-0.4, -0.2) is 29.4 Å². The van der Waals surface area contributed by atoms with Crippen molar-refractivity contribution in [2.24, 2.45) is 4.99 Å². The first-order valence-electron chi connectivity index (χ1n) is 6.34. The minimum Gasteiger partial charge on any atom is -0.360 e. The lowest BCUT2D eigenvalue weighted by atomic mass is 10.1. The minimum atomic E-state index is 0.0674. The summed E-state index contributed by atoms with van der Waals surface area (Å²) in [6.45, 7) is 9.93. The molecule has 0 radical (unpaired) electrons. The van der Waals surface area contributed by atoms with Crippen LogP contribution in [0.4, 0.5) is 0 Å². The predicted molar refractivity (Wildman–Crippen MR) is 67.5 cm³/mol. The molecule has 1 rings (SSSR count). The van der Waals surface area contributed by atoms with E-state index in [1.165, 1.54) is 38.6 Å². The topological polar surface area (TPSA) is 15.6 Å².